The van der Waals surface area contributed by atoms with Crippen LogP contribution in [0.3, 0.4) is 0 Å². The molecule has 0 radical (unpaired) electrons. The molecule has 4 nitrogen and oxygen atoms in total. The highest BCUT2D eigenvalue weighted by Crippen LogP contribution is 2.19. The normalized spacial score (nSPS) is 10.3. The van der Waals surface area contributed by atoms with Crippen LogP contribution in [0.5, 0.6) is 0 Å². The van der Waals surface area contributed by atoms with Gasteiger partial charge in [-0.3, -0.25) is 4.79 Å². The zero-order valence-corrected chi connectivity index (χ0v) is 12.9. The van der Waals surface area contributed by atoms with Gasteiger partial charge in [0.2, 0.25) is 0 Å². The summed E-state index contributed by atoms with van der Waals surface area (Å²) >= 11 is 0. The van der Waals surface area contributed by atoms with Gasteiger partial charge < -0.3 is 4.90 Å². The number of hydrogen-bond acceptors (Lipinski definition) is 3. The average Bonchev–Trinajstić information content (AvgIpc) is 2.61. The molecule has 0 fully saturated rings. The largest absolute Gasteiger partial charge is 0.304 e. The summed E-state index contributed by atoms with van der Waals surface area (Å²) in [4.78, 5) is 22.9. The summed E-state index contributed by atoms with van der Waals surface area (Å²) < 4.78 is 0. The Morgan fingerprint density at radius 2 is 1.48 bits per heavy atom. The van der Waals surface area contributed by atoms with Crippen LogP contribution in [-0.2, 0) is 6.54 Å². The summed E-state index contributed by atoms with van der Waals surface area (Å²) in [7, 11) is 0. The minimum atomic E-state index is -0.111. The molecule has 0 unspecified atom stereocenters. The lowest BCUT2D eigenvalue weighted by molar-refractivity contribution is 0.0984. The molecule has 0 atom stereocenters. The third-order valence-electron chi connectivity index (χ3n) is 3.52. The van der Waals surface area contributed by atoms with Crippen LogP contribution in [0.15, 0.2) is 73.1 Å². The van der Waals surface area contributed by atoms with Gasteiger partial charge in [0.1, 0.15) is 5.82 Å². The Bertz CT molecular complexity index is 771. The SMILES string of the molecule is Cc1ncc(C(=O)N(Cc2ccccc2)c2ccccc2)cn1. The van der Waals surface area contributed by atoms with E-state index in [-0.39, 0.29) is 5.91 Å². The summed E-state index contributed by atoms with van der Waals surface area (Å²) in [5.74, 6) is 0.538. The fraction of sp³-hybridized carbons (Fsp3) is 0.105. The first kappa shape index (κ1) is 14.9. The van der Waals surface area contributed by atoms with Crippen molar-refractivity contribution in [3.8, 4) is 0 Å². The topological polar surface area (TPSA) is 46.1 Å². The molecular formula is C19H17N3O. The van der Waals surface area contributed by atoms with E-state index < -0.39 is 0 Å². The van der Waals surface area contributed by atoms with Crippen LogP contribution in [0.2, 0.25) is 0 Å². The third-order valence-corrected chi connectivity index (χ3v) is 3.52. The van der Waals surface area contributed by atoms with E-state index in [1.807, 2.05) is 60.7 Å². The fourth-order valence-electron chi connectivity index (χ4n) is 2.31. The predicted octanol–water partition coefficient (Wildman–Crippen LogP) is 3.63. The Labute approximate surface area is 135 Å². The van der Waals surface area contributed by atoms with E-state index in [2.05, 4.69) is 9.97 Å². The molecule has 114 valence electrons. The monoisotopic (exact) mass is 303 g/mol. The minimum absolute atomic E-state index is 0.111. The highest BCUT2D eigenvalue weighted by molar-refractivity contribution is 6.05. The van der Waals surface area contributed by atoms with Crippen molar-refractivity contribution in [2.75, 3.05) is 4.90 Å². The van der Waals surface area contributed by atoms with Crippen molar-refractivity contribution in [1.82, 2.24) is 9.97 Å². The Morgan fingerprint density at radius 3 is 2.09 bits per heavy atom. The minimum Gasteiger partial charge on any atom is -0.304 e. The summed E-state index contributed by atoms with van der Waals surface area (Å²) in [6, 6.07) is 19.6. The maximum Gasteiger partial charge on any atom is 0.261 e. The van der Waals surface area contributed by atoms with Crippen molar-refractivity contribution in [2.24, 2.45) is 0 Å². The number of carbonyl (C=O) groups excluding carboxylic acids is 1. The highest BCUT2D eigenvalue weighted by atomic mass is 16.2. The lowest BCUT2D eigenvalue weighted by Gasteiger charge is -2.23. The molecule has 3 aromatic rings. The van der Waals surface area contributed by atoms with Crippen molar-refractivity contribution in [3.05, 3.63) is 90.0 Å². The van der Waals surface area contributed by atoms with Gasteiger partial charge in [0.25, 0.3) is 5.91 Å². The van der Waals surface area contributed by atoms with Crippen LogP contribution in [-0.4, -0.2) is 15.9 Å². The fourth-order valence-corrected chi connectivity index (χ4v) is 2.31. The van der Waals surface area contributed by atoms with E-state index in [1.165, 1.54) is 0 Å². The van der Waals surface area contributed by atoms with Crippen molar-refractivity contribution < 1.29 is 4.79 Å². The summed E-state index contributed by atoms with van der Waals surface area (Å²) in [6.07, 6.45) is 3.15. The highest BCUT2D eigenvalue weighted by Gasteiger charge is 2.18. The molecule has 2 aromatic carbocycles. The smallest absolute Gasteiger partial charge is 0.261 e. The van der Waals surface area contributed by atoms with Crippen LogP contribution in [0.25, 0.3) is 0 Å². The van der Waals surface area contributed by atoms with E-state index in [1.54, 1.807) is 24.2 Å². The van der Waals surface area contributed by atoms with Gasteiger partial charge in [-0.05, 0) is 24.6 Å². The Morgan fingerprint density at radius 1 is 0.913 bits per heavy atom. The molecule has 0 aliphatic heterocycles. The number of aryl methyl sites for hydroxylation is 1. The number of hydrogen-bond donors (Lipinski definition) is 0. The van der Waals surface area contributed by atoms with Crippen LogP contribution in [0, 0.1) is 6.92 Å². The standard InChI is InChI=1S/C19H17N3O/c1-15-20-12-17(13-21-15)19(23)22(18-10-6-3-7-11-18)14-16-8-4-2-5-9-16/h2-13H,14H2,1H3. The number of benzene rings is 2. The molecule has 23 heavy (non-hydrogen) atoms. The van der Waals surface area contributed by atoms with Crippen molar-refractivity contribution in [2.45, 2.75) is 13.5 Å². The number of carbonyl (C=O) groups is 1. The molecule has 0 saturated carbocycles. The van der Waals surface area contributed by atoms with Gasteiger partial charge in [-0.15, -0.1) is 0 Å². The van der Waals surface area contributed by atoms with E-state index in [0.29, 0.717) is 17.9 Å². The van der Waals surface area contributed by atoms with Crippen molar-refractivity contribution in [3.63, 3.8) is 0 Å². The molecule has 4 heteroatoms. The lowest BCUT2D eigenvalue weighted by Crippen LogP contribution is -2.30. The van der Waals surface area contributed by atoms with E-state index >= 15 is 0 Å². The van der Waals surface area contributed by atoms with E-state index in [4.69, 9.17) is 0 Å². The zero-order valence-electron chi connectivity index (χ0n) is 12.9. The average molecular weight is 303 g/mol. The third kappa shape index (κ3) is 3.61. The quantitative estimate of drug-likeness (QED) is 0.739. The van der Waals surface area contributed by atoms with Gasteiger partial charge in [0, 0.05) is 18.1 Å². The van der Waals surface area contributed by atoms with Gasteiger partial charge in [-0.1, -0.05) is 48.5 Å². The number of anilines is 1. The van der Waals surface area contributed by atoms with E-state index in [0.717, 1.165) is 11.3 Å². The first-order valence-corrected chi connectivity index (χ1v) is 7.43. The van der Waals surface area contributed by atoms with Gasteiger partial charge in [0.05, 0.1) is 12.1 Å². The van der Waals surface area contributed by atoms with Crippen LogP contribution < -0.4 is 4.90 Å². The van der Waals surface area contributed by atoms with E-state index in [9.17, 15) is 4.79 Å². The lowest BCUT2D eigenvalue weighted by atomic mass is 10.1. The molecule has 1 heterocycles. The van der Waals surface area contributed by atoms with Crippen molar-refractivity contribution in [1.29, 1.82) is 0 Å². The Balaban J connectivity index is 1.94. The number of aromatic nitrogens is 2. The molecule has 0 aliphatic carbocycles. The van der Waals surface area contributed by atoms with Gasteiger partial charge in [-0.25, -0.2) is 9.97 Å². The molecular weight excluding hydrogens is 286 g/mol. The molecule has 0 saturated heterocycles. The van der Waals surface area contributed by atoms with Gasteiger partial charge in [0.15, 0.2) is 0 Å². The number of nitrogens with zero attached hydrogens (tertiary/aromatic N) is 3. The van der Waals surface area contributed by atoms with Crippen LogP contribution in [0.4, 0.5) is 5.69 Å². The molecule has 1 aromatic heterocycles. The molecule has 3 rings (SSSR count). The summed E-state index contributed by atoms with van der Waals surface area (Å²) in [6.45, 7) is 2.30. The maximum absolute atomic E-state index is 12.9. The molecule has 0 spiro atoms. The van der Waals surface area contributed by atoms with Gasteiger partial charge in [-0.2, -0.15) is 0 Å². The maximum atomic E-state index is 12.9. The first-order chi connectivity index (χ1) is 11.2. The molecule has 0 bridgehead atoms. The van der Waals surface area contributed by atoms with Crippen LogP contribution in [0.1, 0.15) is 21.7 Å². The van der Waals surface area contributed by atoms with Gasteiger partial charge >= 0.3 is 0 Å². The molecule has 0 aliphatic rings. The second kappa shape index (κ2) is 6.83. The number of amides is 1. The molecule has 1 amide bonds. The Hall–Kier alpha value is -3.01. The Kier molecular flexibility index (Phi) is 4.43. The second-order valence-corrected chi connectivity index (χ2v) is 5.23. The summed E-state index contributed by atoms with van der Waals surface area (Å²) in [5, 5.41) is 0. The zero-order chi connectivity index (χ0) is 16.1. The van der Waals surface area contributed by atoms with Crippen molar-refractivity contribution >= 4 is 11.6 Å². The molecule has 0 N–H and O–H groups in total. The first-order valence-electron chi connectivity index (χ1n) is 7.43. The number of rotatable bonds is 4. The predicted molar refractivity (Wildman–Crippen MR) is 90.2 cm³/mol. The van der Waals surface area contributed by atoms with Crippen LogP contribution >= 0.6 is 0 Å². The second-order valence-electron chi connectivity index (χ2n) is 5.23. The summed E-state index contributed by atoms with van der Waals surface area (Å²) in [5.41, 5.74) is 2.40. The number of para-hydroxylation sites is 1.